The van der Waals surface area contributed by atoms with Crippen LogP contribution in [0.3, 0.4) is 0 Å². The molecule has 0 fully saturated rings. The number of rotatable bonds is 5. The molecule has 0 bridgehead atoms. The number of hydrogen-bond donors (Lipinski definition) is 3. The molecule has 2 aromatic rings. The number of hydrogen-bond acceptors (Lipinski definition) is 3. The third kappa shape index (κ3) is 4.21. The fourth-order valence-electron chi connectivity index (χ4n) is 2.02. The number of aliphatic hydroxyl groups excluding tert-OH is 1. The van der Waals surface area contributed by atoms with Crippen LogP contribution in [0.25, 0.3) is 0 Å². The highest BCUT2D eigenvalue weighted by Crippen LogP contribution is 2.21. The molecule has 0 spiro atoms. The Kier molecular flexibility index (Phi) is 5.20. The molecule has 5 heteroatoms. The summed E-state index contributed by atoms with van der Waals surface area (Å²) in [6, 6.07) is 13.4. The smallest absolute Gasteiger partial charge is 0.255 e. The van der Waals surface area contributed by atoms with Crippen molar-refractivity contribution in [2.24, 2.45) is 0 Å². The van der Waals surface area contributed by atoms with Gasteiger partial charge in [0.1, 0.15) is 5.75 Å². The first-order chi connectivity index (χ1) is 10.1. The Labute approximate surface area is 128 Å². The van der Waals surface area contributed by atoms with Crippen LogP contribution >= 0.6 is 11.6 Å². The first-order valence-electron chi connectivity index (χ1n) is 6.54. The summed E-state index contributed by atoms with van der Waals surface area (Å²) < 4.78 is 0. The number of aliphatic hydroxyl groups is 1. The van der Waals surface area contributed by atoms with E-state index in [1.54, 1.807) is 0 Å². The average molecular weight is 306 g/mol. The Morgan fingerprint density at radius 3 is 2.52 bits per heavy atom. The van der Waals surface area contributed by atoms with Crippen LogP contribution in [-0.2, 0) is 6.42 Å². The second kappa shape index (κ2) is 7.11. The number of carbonyl (C=O) groups is 1. The molecule has 21 heavy (non-hydrogen) atoms. The van der Waals surface area contributed by atoms with E-state index in [1.165, 1.54) is 18.2 Å². The summed E-state index contributed by atoms with van der Waals surface area (Å²) in [5.74, 6) is -0.629. The van der Waals surface area contributed by atoms with E-state index < -0.39 is 11.9 Å². The molecule has 0 aliphatic carbocycles. The van der Waals surface area contributed by atoms with Crippen molar-refractivity contribution < 1.29 is 15.0 Å². The number of phenols is 1. The summed E-state index contributed by atoms with van der Waals surface area (Å²) in [5, 5.41) is 22.2. The van der Waals surface area contributed by atoms with Gasteiger partial charge in [-0.2, -0.15) is 0 Å². The summed E-state index contributed by atoms with van der Waals surface area (Å²) in [4.78, 5) is 12.1. The minimum Gasteiger partial charge on any atom is -0.507 e. The number of phenolic OH excluding ortho intramolecular Hbond substituents is 1. The molecule has 110 valence electrons. The monoisotopic (exact) mass is 305 g/mol. The Balaban J connectivity index is 2.06. The van der Waals surface area contributed by atoms with Gasteiger partial charge >= 0.3 is 0 Å². The van der Waals surface area contributed by atoms with E-state index in [2.05, 4.69) is 5.32 Å². The van der Waals surface area contributed by atoms with Crippen LogP contribution < -0.4 is 5.32 Å². The van der Waals surface area contributed by atoms with Gasteiger partial charge in [0, 0.05) is 5.02 Å². The molecule has 0 aliphatic heterocycles. The standard InChI is InChI=1S/C16H16ClNO3/c17-12-6-7-14(15(20)9-12)16(21)18-13(10-19)8-11-4-2-1-3-5-11/h1-7,9,13,19-20H,8,10H2,(H,18,21). The molecule has 0 radical (unpaired) electrons. The molecule has 4 nitrogen and oxygen atoms in total. The molecule has 2 aromatic carbocycles. The molecule has 3 N–H and O–H groups in total. The van der Waals surface area contributed by atoms with E-state index >= 15 is 0 Å². The predicted molar refractivity (Wildman–Crippen MR) is 81.6 cm³/mol. The van der Waals surface area contributed by atoms with E-state index in [1.807, 2.05) is 30.3 Å². The van der Waals surface area contributed by atoms with Crippen molar-refractivity contribution in [3.8, 4) is 5.75 Å². The molecule has 0 aromatic heterocycles. The van der Waals surface area contributed by atoms with Gasteiger partial charge in [-0.15, -0.1) is 0 Å². The van der Waals surface area contributed by atoms with Gasteiger partial charge in [0.25, 0.3) is 5.91 Å². The first-order valence-corrected chi connectivity index (χ1v) is 6.92. The number of benzene rings is 2. The van der Waals surface area contributed by atoms with E-state index in [-0.39, 0.29) is 17.9 Å². The highest BCUT2D eigenvalue weighted by Gasteiger charge is 2.16. The Hall–Kier alpha value is -2.04. The lowest BCUT2D eigenvalue weighted by molar-refractivity contribution is 0.0914. The van der Waals surface area contributed by atoms with Crippen molar-refractivity contribution in [2.45, 2.75) is 12.5 Å². The number of carbonyl (C=O) groups excluding carboxylic acids is 1. The van der Waals surface area contributed by atoms with Crippen LogP contribution in [0.1, 0.15) is 15.9 Å². The van der Waals surface area contributed by atoms with Crippen LogP contribution in [0.2, 0.25) is 5.02 Å². The van der Waals surface area contributed by atoms with Gasteiger partial charge in [0.15, 0.2) is 0 Å². The van der Waals surface area contributed by atoms with E-state index in [0.717, 1.165) is 5.56 Å². The summed E-state index contributed by atoms with van der Waals surface area (Å²) in [5.41, 5.74) is 1.14. The maximum absolute atomic E-state index is 12.1. The molecular weight excluding hydrogens is 290 g/mol. The maximum atomic E-state index is 12.1. The summed E-state index contributed by atoms with van der Waals surface area (Å²) in [6.07, 6.45) is 0.511. The molecule has 2 rings (SSSR count). The number of amides is 1. The van der Waals surface area contributed by atoms with Crippen molar-refractivity contribution in [1.82, 2.24) is 5.32 Å². The van der Waals surface area contributed by atoms with Crippen molar-refractivity contribution in [1.29, 1.82) is 0 Å². The first kappa shape index (κ1) is 15.4. The molecule has 0 saturated carbocycles. The fraction of sp³-hybridized carbons (Fsp3) is 0.188. The Morgan fingerprint density at radius 1 is 1.19 bits per heavy atom. The highest BCUT2D eigenvalue weighted by atomic mass is 35.5. The van der Waals surface area contributed by atoms with E-state index in [0.29, 0.717) is 11.4 Å². The Bertz CT molecular complexity index is 616. The molecule has 0 saturated heterocycles. The number of aromatic hydroxyl groups is 1. The van der Waals surface area contributed by atoms with Gasteiger partial charge in [-0.1, -0.05) is 41.9 Å². The van der Waals surface area contributed by atoms with Gasteiger partial charge in [-0.05, 0) is 30.2 Å². The molecule has 1 unspecified atom stereocenters. The second-order valence-electron chi connectivity index (χ2n) is 4.70. The lowest BCUT2D eigenvalue weighted by atomic mass is 10.1. The predicted octanol–water partition coefficient (Wildman–Crippen LogP) is 2.38. The van der Waals surface area contributed by atoms with Crippen molar-refractivity contribution in [2.75, 3.05) is 6.61 Å². The molecule has 0 heterocycles. The van der Waals surface area contributed by atoms with Crippen LogP contribution in [0, 0.1) is 0 Å². The molecule has 1 amide bonds. The van der Waals surface area contributed by atoms with Gasteiger partial charge in [0.05, 0.1) is 18.2 Å². The summed E-state index contributed by atoms with van der Waals surface area (Å²) in [7, 11) is 0. The summed E-state index contributed by atoms with van der Waals surface area (Å²) in [6.45, 7) is -0.186. The van der Waals surface area contributed by atoms with Crippen LogP contribution in [0.5, 0.6) is 5.75 Å². The fourth-order valence-corrected chi connectivity index (χ4v) is 2.19. The van der Waals surface area contributed by atoms with Crippen LogP contribution in [0.4, 0.5) is 0 Å². The topological polar surface area (TPSA) is 69.6 Å². The maximum Gasteiger partial charge on any atom is 0.255 e. The third-order valence-electron chi connectivity index (χ3n) is 3.08. The lowest BCUT2D eigenvalue weighted by Crippen LogP contribution is -2.39. The van der Waals surface area contributed by atoms with Crippen molar-refractivity contribution >= 4 is 17.5 Å². The Morgan fingerprint density at radius 2 is 1.90 bits per heavy atom. The van der Waals surface area contributed by atoms with E-state index in [9.17, 15) is 15.0 Å². The minimum absolute atomic E-state index is 0.130. The van der Waals surface area contributed by atoms with Gasteiger partial charge in [-0.3, -0.25) is 4.79 Å². The largest absolute Gasteiger partial charge is 0.507 e. The number of nitrogens with one attached hydrogen (secondary N) is 1. The van der Waals surface area contributed by atoms with Crippen molar-refractivity contribution in [3.05, 3.63) is 64.7 Å². The van der Waals surface area contributed by atoms with Crippen molar-refractivity contribution in [3.63, 3.8) is 0 Å². The van der Waals surface area contributed by atoms with Crippen LogP contribution in [0.15, 0.2) is 48.5 Å². The zero-order chi connectivity index (χ0) is 15.2. The highest BCUT2D eigenvalue weighted by molar-refractivity contribution is 6.30. The SMILES string of the molecule is O=C(NC(CO)Cc1ccccc1)c1ccc(Cl)cc1O. The average Bonchev–Trinajstić information content (AvgIpc) is 2.47. The van der Waals surface area contributed by atoms with Gasteiger partial charge in [0.2, 0.25) is 0 Å². The van der Waals surface area contributed by atoms with Gasteiger partial charge in [-0.25, -0.2) is 0 Å². The van der Waals surface area contributed by atoms with E-state index in [4.69, 9.17) is 11.6 Å². The molecule has 0 aliphatic rings. The third-order valence-corrected chi connectivity index (χ3v) is 3.32. The zero-order valence-corrected chi connectivity index (χ0v) is 12.0. The van der Waals surface area contributed by atoms with Crippen LogP contribution in [-0.4, -0.2) is 28.8 Å². The normalized spacial score (nSPS) is 11.9. The number of halogens is 1. The second-order valence-corrected chi connectivity index (χ2v) is 5.14. The minimum atomic E-state index is -0.445. The quantitative estimate of drug-likeness (QED) is 0.794. The zero-order valence-electron chi connectivity index (χ0n) is 11.3. The molecular formula is C16H16ClNO3. The molecule has 1 atom stereocenters. The van der Waals surface area contributed by atoms with Gasteiger partial charge < -0.3 is 15.5 Å². The summed E-state index contributed by atoms with van der Waals surface area (Å²) >= 11 is 5.73. The lowest BCUT2D eigenvalue weighted by Gasteiger charge is -2.17.